The minimum absolute atomic E-state index is 0.0534. The highest BCUT2D eigenvalue weighted by molar-refractivity contribution is 6.27. The van der Waals surface area contributed by atoms with Crippen molar-refractivity contribution in [3.63, 3.8) is 0 Å². The summed E-state index contributed by atoms with van der Waals surface area (Å²) in [5.74, 6) is -1.27. The van der Waals surface area contributed by atoms with Gasteiger partial charge in [0.25, 0.3) is 5.91 Å². The fourth-order valence-electron chi connectivity index (χ4n) is 4.12. The molecule has 37 heavy (non-hydrogen) atoms. The minimum Gasteiger partial charge on any atom is -0.494 e. The van der Waals surface area contributed by atoms with Crippen LogP contribution in [0.25, 0.3) is 11.1 Å². The van der Waals surface area contributed by atoms with E-state index in [1.54, 1.807) is 24.3 Å². The zero-order chi connectivity index (χ0) is 26.8. The van der Waals surface area contributed by atoms with Crippen LogP contribution in [0, 0.1) is 6.92 Å². The number of carbonyl (C=O) groups excluding carboxylic acids is 1. The number of hydrogen-bond donors (Lipinski definition) is 2. The largest absolute Gasteiger partial charge is 0.494 e. The van der Waals surface area contributed by atoms with Gasteiger partial charge in [-0.15, -0.1) is 10.2 Å². The Morgan fingerprint density at radius 3 is 2.41 bits per heavy atom. The first-order valence-corrected chi connectivity index (χ1v) is 11.1. The number of alkyl halides is 6. The van der Waals surface area contributed by atoms with Gasteiger partial charge >= 0.3 is 12.4 Å². The van der Waals surface area contributed by atoms with Gasteiger partial charge in [0.2, 0.25) is 5.82 Å². The van der Waals surface area contributed by atoms with Crippen LogP contribution in [0.4, 0.5) is 26.3 Å². The van der Waals surface area contributed by atoms with E-state index in [1.165, 1.54) is 18.2 Å². The van der Waals surface area contributed by atoms with E-state index >= 15 is 0 Å². The van der Waals surface area contributed by atoms with Crippen molar-refractivity contribution in [3.05, 3.63) is 71.0 Å². The van der Waals surface area contributed by atoms with Gasteiger partial charge in [0, 0.05) is 12.8 Å². The molecule has 3 aromatic rings. The Kier molecular flexibility index (Phi) is 6.98. The van der Waals surface area contributed by atoms with E-state index in [0.717, 1.165) is 11.6 Å². The maximum Gasteiger partial charge on any atom is 0.416 e. The summed E-state index contributed by atoms with van der Waals surface area (Å²) in [7, 11) is 0. The number of aromatic amines is 1. The number of H-pyrrole nitrogens is 1. The van der Waals surface area contributed by atoms with Crippen molar-refractivity contribution in [2.24, 2.45) is 0 Å². The van der Waals surface area contributed by atoms with Gasteiger partial charge in [0.15, 0.2) is 5.54 Å². The molecule has 7 nitrogen and oxygen atoms in total. The van der Waals surface area contributed by atoms with Gasteiger partial charge in [-0.2, -0.15) is 31.6 Å². The van der Waals surface area contributed by atoms with Crippen molar-refractivity contribution < 1.29 is 35.9 Å². The smallest absolute Gasteiger partial charge is 0.416 e. The topological polar surface area (TPSA) is 92.8 Å². The third-order valence-electron chi connectivity index (χ3n) is 5.95. The number of halogens is 6. The maximum absolute atomic E-state index is 14.8. The number of rotatable bonds is 7. The quantitative estimate of drug-likeness (QED) is 0.330. The van der Waals surface area contributed by atoms with E-state index in [0.29, 0.717) is 5.56 Å². The molecule has 196 valence electrons. The van der Waals surface area contributed by atoms with Crippen LogP contribution < -0.4 is 10.1 Å². The number of carbonyl (C=O) groups is 1. The Morgan fingerprint density at radius 1 is 1.05 bits per heavy atom. The number of benzene rings is 2. The average molecular weight is 525 g/mol. The zero-order valence-electron chi connectivity index (χ0n) is 19.4. The van der Waals surface area contributed by atoms with Gasteiger partial charge in [0.05, 0.1) is 12.2 Å². The standard InChI is InChI=1S/C24H21F6N5O2/c1-14-6-8-15(9-7-14)18-13-22(24(28,29)30,31-21(36)19(18)20-32-34-35-33-20)16-4-2-5-17(12-16)37-11-3-10-23(25,26)27/h2,4-9,12H,3,10-11,13H2,1H3,(H,31,36)(H,32,33,34,35). The average Bonchev–Trinajstić information content (AvgIpc) is 3.35. The number of nitrogens with one attached hydrogen (secondary N) is 2. The highest BCUT2D eigenvalue weighted by atomic mass is 19.4. The minimum atomic E-state index is -4.96. The summed E-state index contributed by atoms with van der Waals surface area (Å²) in [4.78, 5) is 13.2. The van der Waals surface area contributed by atoms with Crippen LogP contribution in [0.1, 0.15) is 41.8 Å². The fraction of sp³-hybridized carbons (Fsp3) is 0.333. The Labute approximate surface area is 206 Å². The molecule has 4 rings (SSSR count). The van der Waals surface area contributed by atoms with Crippen LogP contribution in [-0.4, -0.2) is 45.5 Å². The Bertz CT molecular complexity index is 1290. The molecule has 0 saturated heterocycles. The van der Waals surface area contributed by atoms with E-state index in [1.807, 2.05) is 6.92 Å². The van der Waals surface area contributed by atoms with Gasteiger partial charge in [-0.3, -0.25) is 4.79 Å². The number of tetrazole rings is 1. The SMILES string of the molecule is Cc1ccc(C2=C(c3nn[nH]n3)C(=O)NC(c3cccc(OCCCC(F)(F)F)c3)(C(F)(F)F)C2)cc1. The molecule has 0 spiro atoms. The summed E-state index contributed by atoms with van der Waals surface area (Å²) >= 11 is 0. The van der Waals surface area contributed by atoms with Crippen molar-refractivity contribution in [3.8, 4) is 5.75 Å². The molecule has 1 unspecified atom stereocenters. The summed E-state index contributed by atoms with van der Waals surface area (Å²) < 4.78 is 86.9. The van der Waals surface area contributed by atoms with Crippen LogP contribution in [0.3, 0.4) is 0 Å². The van der Waals surface area contributed by atoms with Crippen LogP contribution in [0.5, 0.6) is 5.75 Å². The van der Waals surface area contributed by atoms with E-state index in [-0.39, 0.29) is 41.3 Å². The number of aryl methyl sites for hydroxylation is 1. The number of hydrogen-bond acceptors (Lipinski definition) is 5. The van der Waals surface area contributed by atoms with Crippen molar-refractivity contribution in [2.45, 2.75) is 44.1 Å². The molecule has 1 amide bonds. The van der Waals surface area contributed by atoms with Crippen LogP contribution >= 0.6 is 0 Å². The molecule has 0 saturated carbocycles. The molecule has 1 aromatic heterocycles. The number of nitrogens with zero attached hydrogens (tertiary/aromatic N) is 3. The van der Waals surface area contributed by atoms with E-state index in [4.69, 9.17) is 4.74 Å². The lowest BCUT2D eigenvalue weighted by Gasteiger charge is -2.41. The van der Waals surface area contributed by atoms with Gasteiger partial charge in [-0.1, -0.05) is 42.0 Å². The van der Waals surface area contributed by atoms with Crippen LogP contribution in [0.2, 0.25) is 0 Å². The van der Waals surface area contributed by atoms with Gasteiger partial charge < -0.3 is 10.1 Å². The Hall–Kier alpha value is -3.90. The second-order valence-corrected chi connectivity index (χ2v) is 8.58. The maximum atomic E-state index is 14.8. The molecule has 13 heteroatoms. The molecular formula is C24H21F6N5O2. The molecule has 2 aromatic carbocycles. The Balaban J connectivity index is 1.76. The van der Waals surface area contributed by atoms with E-state index in [2.05, 4.69) is 25.9 Å². The van der Waals surface area contributed by atoms with Crippen molar-refractivity contribution in [1.29, 1.82) is 0 Å². The third-order valence-corrected chi connectivity index (χ3v) is 5.95. The summed E-state index contributed by atoms with van der Waals surface area (Å²) in [5.41, 5.74) is -2.06. The number of aromatic nitrogens is 4. The number of ether oxygens (including phenoxy) is 1. The first-order chi connectivity index (χ1) is 17.4. The lowest BCUT2D eigenvalue weighted by atomic mass is 9.76. The highest BCUT2D eigenvalue weighted by Gasteiger charge is 2.60. The first-order valence-electron chi connectivity index (χ1n) is 11.1. The third kappa shape index (κ3) is 5.59. The van der Waals surface area contributed by atoms with Crippen LogP contribution in [0.15, 0.2) is 48.5 Å². The molecule has 1 aliphatic rings. The van der Waals surface area contributed by atoms with Crippen LogP contribution in [-0.2, 0) is 10.3 Å². The summed E-state index contributed by atoms with van der Waals surface area (Å²) in [5, 5.41) is 15.3. The summed E-state index contributed by atoms with van der Waals surface area (Å²) in [6.07, 6.45) is -11.5. The lowest BCUT2D eigenvalue weighted by Crippen LogP contribution is -2.58. The van der Waals surface area contributed by atoms with Crippen molar-refractivity contribution in [2.75, 3.05) is 6.61 Å². The van der Waals surface area contributed by atoms with E-state index in [9.17, 15) is 31.1 Å². The molecule has 2 heterocycles. The molecule has 2 N–H and O–H groups in total. The van der Waals surface area contributed by atoms with E-state index < -0.39 is 36.6 Å². The fourth-order valence-corrected chi connectivity index (χ4v) is 4.12. The predicted octanol–water partition coefficient (Wildman–Crippen LogP) is 5.12. The zero-order valence-corrected chi connectivity index (χ0v) is 19.4. The predicted molar refractivity (Wildman–Crippen MR) is 120 cm³/mol. The van der Waals surface area contributed by atoms with Crippen molar-refractivity contribution >= 4 is 17.1 Å². The summed E-state index contributed by atoms with van der Waals surface area (Å²) in [6.45, 7) is 1.47. The molecule has 0 fully saturated rings. The molecular weight excluding hydrogens is 504 g/mol. The van der Waals surface area contributed by atoms with Gasteiger partial charge in [-0.05, 0) is 47.4 Å². The highest BCUT2D eigenvalue weighted by Crippen LogP contribution is 2.50. The monoisotopic (exact) mass is 525 g/mol. The molecule has 0 bridgehead atoms. The summed E-state index contributed by atoms with van der Waals surface area (Å²) in [6, 6.07) is 11.5. The Morgan fingerprint density at radius 2 is 1.78 bits per heavy atom. The molecule has 0 radical (unpaired) electrons. The first kappa shape index (κ1) is 26.2. The second-order valence-electron chi connectivity index (χ2n) is 8.58. The normalized spacial score (nSPS) is 18.6. The lowest BCUT2D eigenvalue weighted by molar-refractivity contribution is -0.201. The van der Waals surface area contributed by atoms with Crippen molar-refractivity contribution in [1.82, 2.24) is 25.9 Å². The molecule has 0 aliphatic carbocycles. The second kappa shape index (κ2) is 9.87. The molecule has 1 atom stereocenters. The molecule has 1 aliphatic heterocycles. The van der Waals surface area contributed by atoms with Gasteiger partial charge in [0.1, 0.15) is 5.75 Å². The number of amides is 1. The van der Waals surface area contributed by atoms with Gasteiger partial charge in [-0.25, -0.2) is 0 Å².